The standard InChI is InChI=1S/C16H31N3O/c1-3-19(14-7-5-4-6-8-14)16(20)12-18(2)15(11-17)13-9-10-13/h13-15H,3-12,17H2,1-2H3. The number of carbonyl (C=O) groups excluding carboxylic acids is 1. The van der Waals surface area contributed by atoms with Gasteiger partial charge in [0.1, 0.15) is 0 Å². The van der Waals surface area contributed by atoms with Gasteiger partial charge in [0.2, 0.25) is 5.91 Å². The second kappa shape index (κ2) is 7.41. The van der Waals surface area contributed by atoms with Crippen molar-refractivity contribution < 1.29 is 4.79 Å². The van der Waals surface area contributed by atoms with Crippen LogP contribution in [0.1, 0.15) is 51.9 Å². The molecule has 2 rings (SSSR count). The minimum Gasteiger partial charge on any atom is -0.339 e. The summed E-state index contributed by atoms with van der Waals surface area (Å²) in [5, 5.41) is 0. The topological polar surface area (TPSA) is 49.6 Å². The van der Waals surface area contributed by atoms with Crippen LogP contribution in [0.4, 0.5) is 0 Å². The van der Waals surface area contributed by atoms with E-state index in [1.807, 2.05) is 0 Å². The maximum absolute atomic E-state index is 12.6. The molecule has 0 bridgehead atoms. The Labute approximate surface area is 123 Å². The number of amides is 1. The van der Waals surface area contributed by atoms with Crippen molar-refractivity contribution in [3.63, 3.8) is 0 Å². The largest absolute Gasteiger partial charge is 0.339 e. The van der Waals surface area contributed by atoms with Crippen molar-refractivity contribution in [3.05, 3.63) is 0 Å². The van der Waals surface area contributed by atoms with Gasteiger partial charge in [-0.1, -0.05) is 19.3 Å². The summed E-state index contributed by atoms with van der Waals surface area (Å²) in [4.78, 5) is 16.9. The van der Waals surface area contributed by atoms with Gasteiger partial charge in [-0.2, -0.15) is 0 Å². The average Bonchev–Trinajstić information content (AvgIpc) is 3.26. The van der Waals surface area contributed by atoms with E-state index < -0.39 is 0 Å². The lowest BCUT2D eigenvalue weighted by molar-refractivity contribution is -0.135. The van der Waals surface area contributed by atoms with Gasteiger partial charge in [0, 0.05) is 25.2 Å². The first-order valence-electron chi connectivity index (χ1n) is 8.37. The third-order valence-corrected chi connectivity index (χ3v) is 5.03. The molecule has 2 N–H and O–H groups in total. The van der Waals surface area contributed by atoms with Gasteiger partial charge < -0.3 is 10.6 Å². The normalized spacial score (nSPS) is 22.0. The van der Waals surface area contributed by atoms with Crippen LogP contribution < -0.4 is 5.73 Å². The molecule has 0 heterocycles. The molecule has 2 aliphatic rings. The van der Waals surface area contributed by atoms with E-state index in [4.69, 9.17) is 5.73 Å². The minimum atomic E-state index is 0.293. The Kier molecular flexibility index (Phi) is 5.85. The fraction of sp³-hybridized carbons (Fsp3) is 0.938. The number of likely N-dealkylation sites (N-methyl/N-ethyl adjacent to an activating group) is 2. The van der Waals surface area contributed by atoms with Crippen molar-refractivity contribution in [3.8, 4) is 0 Å². The lowest BCUT2D eigenvalue weighted by atomic mass is 9.94. The molecule has 1 amide bonds. The van der Waals surface area contributed by atoms with Crippen molar-refractivity contribution in [1.29, 1.82) is 0 Å². The second-order valence-corrected chi connectivity index (χ2v) is 6.53. The zero-order valence-corrected chi connectivity index (χ0v) is 13.2. The van der Waals surface area contributed by atoms with Gasteiger partial charge in [-0.05, 0) is 45.6 Å². The molecule has 0 spiro atoms. The monoisotopic (exact) mass is 281 g/mol. The number of nitrogens with two attached hydrogens (primary N) is 1. The lowest BCUT2D eigenvalue weighted by Crippen LogP contribution is -2.49. The third-order valence-electron chi connectivity index (χ3n) is 5.03. The molecule has 0 radical (unpaired) electrons. The SMILES string of the molecule is CCN(C(=O)CN(C)C(CN)C1CC1)C1CCCCC1. The molecule has 0 aromatic heterocycles. The van der Waals surface area contributed by atoms with Gasteiger partial charge in [0.05, 0.1) is 6.54 Å². The summed E-state index contributed by atoms with van der Waals surface area (Å²) < 4.78 is 0. The maximum Gasteiger partial charge on any atom is 0.236 e. The molecule has 0 saturated heterocycles. The Morgan fingerprint density at radius 3 is 2.35 bits per heavy atom. The van der Waals surface area contributed by atoms with Crippen LogP contribution in [0.5, 0.6) is 0 Å². The van der Waals surface area contributed by atoms with Crippen LogP contribution >= 0.6 is 0 Å². The van der Waals surface area contributed by atoms with Crippen LogP contribution in [0.2, 0.25) is 0 Å². The highest BCUT2D eigenvalue weighted by Gasteiger charge is 2.34. The van der Waals surface area contributed by atoms with Crippen molar-refractivity contribution in [2.24, 2.45) is 11.7 Å². The molecule has 116 valence electrons. The Hall–Kier alpha value is -0.610. The summed E-state index contributed by atoms with van der Waals surface area (Å²) in [6.07, 6.45) is 8.81. The fourth-order valence-corrected chi connectivity index (χ4v) is 3.67. The van der Waals surface area contributed by atoms with Crippen molar-refractivity contribution >= 4 is 5.91 Å². The Bertz CT molecular complexity index is 311. The number of rotatable bonds is 7. The van der Waals surface area contributed by atoms with E-state index in [1.54, 1.807) is 0 Å². The summed E-state index contributed by atoms with van der Waals surface area (Å²) in [5.74, 6) is 1.02. The number of nitrogens with zero attached hydrogens (tertiary/aromatic N) is 2. The van der Waals surface area contributed by atoms with E-state index in [0.717, 1.165) is 12.5 Å². The van der Waals surface area contributed by atoms with Gasteiger partial charge in [-0.25, -0.2) is 0 Å². The Morgan fingerprint density at radius 2 is 1.85 bits per heavy atom. The summed E-state index contributed by atoms with van der Waals surface area (Å²) in [7, 11) is 2.06. The van der Waals surface area contributed by atoms with E-state index in [2.05, 4.69) is 23.8 Å². The second-order valence-electron chi connectivity index (χ2n) is 6.53. The minimum absolute atomic E-state index is 0.293. The highest BCUT2D eigenvalue weighted by Crippen LogP contribution is 2.34. The predicted molar refractivity (Wildman–Crippen MR) is 82.5 cm³/mol. The van der Waals surface area contributed by atoms with Gasteiger partial charge in [0.25, 0.3) is 0 Å². The van der Waals surface area contributed by atoms with E-state index in [-0.39, 0.29) is 0 Å². The maximum atomic E-state index is 12.6. The van der Waals surface area contributed by atoms with Crippen molar-refractivity contribution in [2.75, 3.05) is 26.7 Å². The smallest absolute Gasteiger partial charge is 0.236 e. The van der Waals surface area contributed by atoms with Gasteiger partial charge in [0.15, 0.2) is 0 Å². The molecule has 0 aliphatic heterocycles. The molecular formula is C16H31N3O. The quantitative estimate of drug-likeness (QED) is 0.774. The molecule has 1 atom stereocenters. The number of carbonyl (C=O) groups is 1. The summed E-state index contributed by atoms with van der Waals surface area (Å²) in [6.45, 7) is 4.15. The van der Waals surface area contributed by atoms with Crippen LogP contribution in [0.25, 0.3) is 0 Å². The molecule has 1 unspecified atom stereocenters. The average molecular weight is 281 g/mol. The van der Waals surface area contributed by atoms with E-state index >= 15 is 0 Å². The summed E-state index contributed by atoms with van der Waals surface area (Å²) in [5.41, 5.74) is 5.88. The first kappa shape index (κ1) is 15.8. The molecule has 20 heavy (non-hydrogen) atoms. The third kappa shape index (κ3) is 3.95. The lowest BCUT2D eigenvalue weighted by Gasteiger charge is -2.36. The van der Waals surface area contributed by atoms with Gasteiger partial charge in [-0.3, -0.25) is 9.69 Å². The first-order valence-corrected chi connectivity index (χ1v) is 8.37. The van der Waals surface area contributed by atoms with Crippen LogP contribution in [-0.2, 0) is 4.79 Å². The summed E-state index contributed by atoms with van der Waals surface area (Å²) in [6, 6.07) is 0.871. The highest BCUT2D eigenvalue weighted by molar-refractivity contribution is 5.78. The molecule has 2 fully saturated rings. The number of hydrogen-bond acceptors (Lipinski definition) is 3. The van der Waals surface area contributed by atoms with E-state index in [1.165, 1.54) is 44.9 Å². The van der Waals surface area contributed by atoms with Crippen LogP contribution in [0.3, 0.4) is 0 Å². The van der Waals surface area contributed by atoms with Crippen molar-refractivity contribution in [1.82, 2.24) is 9.80 Å². The zero-order valence-electron chi connectivity index (χ0n) is 13.2. The Morgan fingerprint density at radius 1 is 1.20 bits per heavy atom. The molecule has 0 aromatic rings. The molecule has 0 aromatic carbocycles. The van der Waals surface area contributed by atoms with Crippen LogP contribution in [-0.4, -0.2) is 54.5 Å². The zero-order chi connectivity index (χ0) is 14.5. The van der Waals surface area contributed by atoms with Gasteiger partial charge in [-0.15, -0.1) is 0 Å². The number of hydrogen-bond donors (Lipinski definition) is 1. The Balaban J connectivity index is 1.87. The van der Waals surface area contributed by atoms with Crippen molar-refractivity contribution in [2.45, 2.75) is 64.0 Å². The summed E-state index contributed by atoms with van der Waals surface area (Å²) >= 11 is 0. The van der Waals surface area contributed by atoms with Crippen LogP contribution in [0.15, 0.2) is 0 Å². The van der Waals surface area contributed by atoms with E-state index in [0.29, 0.717) is 31.1 Å². The molecule has 2 saturated carbocycles. The van der Waals surface area contributed by atoms with Crippen LogP contribution in [0, 0.1) is 5.92 Å². The molecule has 2 aliphatic carbocycles. The molecule has 4 nitrogen and oxygen atoms in total. The van der Waals surface area contributed by atoms with E-state index in [9.17, 15) is 4.79 Å². The first-order chi connectivity index (χ1) is 9.67. The molecular weight excluding hydrogens is 250 g/mol. The molecule has 4 heteroatoms. The fourth-order valence-electron chi connectivity index (χ4n) is 3.67. The predicted octanol–water partition coefficient (Wildman–Crippen LogP) is 1.84. The highest BCUT2D eigenvalue weighted by atomic mass is 16.2. The van der Waals surface area contributed by atoms with Gasteiger partial charge >= 0.3 is 0 Å².